The van der Waals surface area contributed by atoms with E-state index in [9.17, 15) is 78.3 Å². The molecule has 4 rings (SSSR count). The van der Waals surface area contributed by atoms with Crippen LogP contribution in [0.2, 0.25) is 0 Å². The van der Waals surface area contributed by atoms with E-state index < -0.39 is 146 Å². The maximum Gasteiger partial charge on any atom is 0.326 e. The van der Waals surface area contributed by atoms with Crippen molar-refractivity contribution in [1.29, 1.82) is 0 Å². The molecule has 3 aromatic carbocycles. The van der Waals surface area contributed by atoms with Crippen LogP contribution >= 0.6 is 0 Å². The number of benzene rings is 3. The Kier molecular flexibility index (Phi) is 26.5. The van der Waals surface area contributed by atoms with E-state index in [0.717, 1.165) is 0 Å². The van der Waals surface area contributed by atoms with Gasteiger partial charge in [0.25, 0.3) is 0 Å². The molecule has 0 aliphatic carbocycles. The quantitative estimate of drug-likeness (QED) is 0.0116. The summed E-state index contributed by atoms with van der Waals surface area (Å²) < 4.78 is 0. The van der Waals surface area contributed by atoms with Crippen LogP contribution in [0.1, 0.15) is 68.1 Å². The van der Waals surface area contributed by atoms with Gasteiger partial charge in [0.2, 0.25) is 47.3 Å². The maximum absolute atomic E-state index is 14.6. The number of aromatic amines is 1. The molecular weight excluding hydrogens is 1130 g/mol. The molecule has 1 aromatic heterocycles. The van der Waals surface area contributed by atoms with Gasteiger partial charge in [-0.05, 0) is 79.1 Å². The van der Waals surface area contributed by atoms with Crippen LogP contribution in [0.3, 0.4) is 0 Å². The number of rotatable bonds is 36. The predicted molar refractivity (Wildman–Crippen MR) is 308 cm³/mol. The normalized spacial score (nSPS) is 13.7. The van der Waals surface area contributed by atoms with Crippen molar-refractivity contribution in [2.24, 2.45) is 44.4 Å². The highest BCUT2D eigenvalue weighted by Crippen LogP contribution is 2.20. The van der Waals surface area contributed by atoms with Gasteiger partial charge in [0.1, 0.15) is 53.8 Å². The third kappa shape index (κ3) is 23.4. The molecule has 1 heterocycles. The molecular formula is C54H72N16O16. The molecule has 0 fully saturated rings. The summed E-state index contributed by atoms with van der Waals surface area (Å²) in [5, 5.41) is 66.6. The largest absolute Gasteiger partial charge is 0.508 e. The fourth-order valence-corrected chi connectivity index (χ4v) is 8.54. The highest BCUT2D eigenvalue weighted by Gasteiger charge is 2.36. The third-order valence-electron chi connectivity index (χ3n) is 12.9. The van der Waals surface area contributed by atoms with Crippen molar-refractivity contribution >= 4 is 88.0 Å². The second-order valence-corrected chi connectivity index (χ2v) is 19.8. The van der Waals surface area contributed by atoms with E-state index in [2.05, 4.69) is 52.2 Å². The van der Waals surface area contributed by atoms with Crippen LogP contribution in [0.4, 0.5) is 0 Å². The number of carbonyl (C=O) groups is 11. The van der Waals surface area contributed by atoms with Gasteiger partial charge >= 0.3 is 17.9 Å². The Hall–Kier alpha value is -10.5. The summed E-state index contributed by atoms with van der Waals surface area (Å²) in [6.45, 7) is 0.139. The molecule has 0 aliphatic heterocycles. The van der Waals surface area contributed by atoms with Crippen LogP contribution in [0.5, 0.6) is 11.5 Å². The monoisotopic (exact) mass is 1200 g/mol. The summed E-state index contributed by atoms with van der Waals surface area (Å²) in [6, 6.07) is 4.03. The summed E-state index contributed by atoms with van der Waals surface area (Å²) in [5.74, 6) is -14.6. The summed E-state index contributed by atoms with van der Waals surface area (Å²) >= 11 is 0. The van der Waals surface area contributed by atoms with E-state index in [1.807, 2.05) is 0 Å². The Bertz CT molecular complexity index is 3110. The Balaban J connectivity index is 1.64. The number of phenolic OH excluding ortho intramolecular Hbond substituents is 2. The summed E-state index contributed by atoms with van der Waals surface area (Å²) in [7, 11) is 0. The molecule has 32 heteroatoms. The van der Waals surface area contributed by atoms with Crippen LogP contribution in [0, 0.1) is 0 Å². The number of hydrogen-bond donors (Lipinski definition) is 19. The number of carboxylic acids is 3. The first-order valence-electron chi connectivity index (χ1n) is 26.7. The number of H-pyrrole nitrogens is 1. The molecule has 86 heavy (non-hydrogen) atoms. The first-order chi connectivity index (χ1) is 40.7. The first kappa shape index (κ1) is 68.0. The van der Waals surface area contributed by atoms with Crippen molar-refractivity contribution in [2.45, 2.75) is 119 Å². The number of para-hydroxylation sites is 1. The number of nitrogens with one attached hydrogen (secondary N) is 8. The zero-order valence-corrected chi connectivity index (χ0v) is 46.4. The number of carbonyl (C=O) groups excluding carboxylic acids is 8. The smallest absolute Gasteiger partial charge is 0.326 e. The standard InChI is InChI=1S/C54H72N16O16/c55-33(6-3-19-61-53(57)58)45(78)66-37(21-27-9-13-30(71)14-10-27)47(80)64-35(17-18-43(74)75)46(79)70-41(25-44(76)77)51(84)69-40(24-42(56)73)50(83)67-38(22-28-11-15-31(72)16-12-28)48(81)68-39(23-29-26-63-34-7-2-1-5-32(29)34)49(82)65-36(52(85)86)8-4-20-62-54(59)60/h1-2,5,7,9-16,26,33,35-41,63,71-72H,3-4,6,8,17-25,55H2,(H2,56,73)(H,64,80)(H,65,82)(H,66,78)(H,67,83)(H,68,81)(H,69,84)(H,70,79)(H,74,75)(H,76,77)(H,85,86)(H4,57,58,61)(H4,59,60,62)/t33-,35-,36-,37-,38-,39-,40-,41-/m0/s1. The van der Waals surface area contributed by atoms with E-state index in [0.29, 0.717) is 27.6 Å². The summed E-state index contributed by atoms with van der Waals surface area (Å²) in [5.41, 5.74) is 34.9. The van der Waals surface area contributed by atoms with Crippen molar-refractivity contribution in [3.8, 4) is 11.5 Å². The van der Waals surface area contributed by atoms with E-state index in [4.69, 9.17) is 34.4 Å². The second-order valence-electron chi connectivity index (χ2n) is 19.8. The average molecular weight is 1200 g/mol. The minimum Gasteiger partial charge on any atom is -0.508 e. The SMILES string of the molecule is NC(=O)C[C@H](NC(=O)[C@H](CC(=O)O)NC(=O)[C@H](CCC(=O)O)NC(=O)[C@H](Cc1ccc(O)cc1)NC(=O)[C@@H](N)CCCN=C(N)N)C(=O)N[C@@H](Cc1ccc(O)cc1)C(=O)N[C@@H](Cc1c[nH]c2ccccc12)C(=O)N[C@@H](CCCN=C(N)N)C(=O)O. The molecule has 0 saturated carbocycles. The Morgan fingerprint density at radius 2 is 0.884 bits per heavy atom. The number of hydrogen-bond acceptors (Lipinski definition) is 16. The molecule has 4 aromatic rings. The highest BCUT2D eigenvalue weighted by atomic mass is 16.4. The zero-order valence-electron chi connectivity index (χ0n) is 46.4. The van der Waals surface area contributed by atoms with Crippen LogP contribution in [-0.4, -0.2) is 169 Å². The number of phenols is 2. The topological polar surface area (TPSA) is 570 Å². The summed E-state index contributed by atoms with van der Waals surface area (Å²) in [4.78, 5) is 158. The van der Waals surface area contributed by atoms with Gasteiger partial charge in [0, 0.05) is 55.9 Å². The molecule has 8 amide bonds. The molecule has 0 aliphatic rings. The van der Waals surface area contributed by atoms with Crippen LogP contribution in [0.25, 0.3) is 10.9 Å². The van der Waals surface area contributed by atoms with Gasteiger partial charge in [0.05, 0.1) is 18.9 Å². The number of aliphatic imine (C=N–C) groups is 2. The van der Waals surface area contributed by atoms with E-state index in [1.54, 1.807) is 30.5 Å². The molecule has 8 atom stereocenters. The third-order valence-corrected chi connectivity index (χ3v) is 12.9. The van der Waals surface area contributed by atoms with E-state index in [-0.39, 0.29) is 75.0 Å². The number of aliphatic carboxylic acids is 3. The van der Waals surface area contributed by atoms with Crippen LogP contribution in [0.15, 0.2) is 89.0 Å². The number of aromatic hydroxyl groups is 2. The lowest BCUT2D eigenvalue weighted by Crippen LogP contribution is -2.61. The van der Waals surface area contributed by atoms with Crippen molar-refractivity contribution in [3.63, 3.8) is 0 Å². The van der Waals surface area contributed by atoms with E-state index >= 15 is 0 Å². The summed E-state index contributed by atoms with van der Waals surface area (Å²) in [6.07, 6.45) is -2.84. The lowest BCUT2D eigenvalue weighted by Gasteiger charge is -2.27. The number of aromatic nitrogens is 1. The zero-order chi connectivity index (χ0) is 63.6. The first-order valence-corrected chi connectivity index (χ1v) is 26.7. The Labute approximate surface area is 490 Å². The van der Waals surface area contributed by atoms with Crippen molar-refractivity contribution in [2.75, 3.05) is 13.1 Å². The van der Waals surface area contributed by atoms with Gasteiger partial charge in [-0.15, -0.1) is 0 Å². The number of fused-ring (bicyclic) bond motifs is 1. The maximum atomic E-state index is 14.6. The molecule has 0 radical (unpaired) electrons. The van der Waals surface area contributed by atoms with Crippen LogP contribution in [-0.2, 0) is 72.0 Å². The molecule has 32 nitrogen and oxygen atoms in total. The van der Waals surface area contributed by atoms with Gasteiger partial charge in [-0.3, -0.25) is 57.9 Å². The highest BCUT2D eigenvalue weighted by molar-refractivity contribution is 6.00. The van der Waals surface area contributed by atoms with Gasteiger partial charge in [-0.2, -0.15) is 0 Å². The van der Waals surface area contributed by atoms with Crippen molar-refractivity contribution in [1.82, 2.24) is 42.2 Å². The molecule has 0 bridgehead atoms. The fourth-order valence-electron chi connectivity index (χ4n) is 8.54. The molecule has 25 N–H and O–H groups in total. The van der Waals surface area contributed by atoms with Gasteiger partial charge in [-0.25, -0.2) is 4.79 Å². The Morgan fingerprint density at radius 3 is 1.36 bits per heavy atom. The van der Waals surface area contributed by atoms with Crippen LogP contribution < -0.4 is 71.6 Å². The van der Waals surface area contributed by atoms with Gasteiger partial charge < -0.3 is 102 Å². The lowest BCUT2D eigenvalue weighted by atomic mass is 10.0. The predicted octanol–water partition coefficient (Wildman–Crippen LogP) is -4.27. The van der Waals surface area contributed by atoms with Gasteiger partial charge in [-0.1, -0.05) is 42.5 Å². The fraction of sp³-hybridized carbons (Fsp3) is 0.389. The van der Waals surface area contributed by atoms with E-state index in [1.165, 1.54) is 48.5 Å². The van der Waals surface area contributed by atoms with Gasteiger partial charge in [0.15, 0.2) is 11.9 Å². The minimum absolute atomic E-state index is 0.0219. The number of guanidine groups is 2. The number of carboxylic acid groups (broad SMARTS) is 3. The number of nitrogens with two attached hydrogens (primary N) is 6. The molecule has 0 unspecified atom stereocenters. The van der Waals surface area contributed by atoms with Crippen molar-refractivity contribution < 1.29 is 78.3 Å². The number of primary amides is 1. The molecule has 0 spiro atoms. The minimum atomic E-state index is -2.15. The lowest BCUT2D eigenvalue weighted by molar-refractivity contribution is -0.143. The average Bonchev–Trinajstić information content (AvgIpc) is 3.11. The molecule has 464 valence electrons. The second kappa shape index (κ2) is 33.5. The molecule has 0 saturated heterocycles. The number of nitrogens with zero attached hydrogens (tertiary/aromatic N) is 2. The van der Waals surface area contributed by atoms with Crippen molar-refractivity contribution in [3.05, 3.63) is 95.7 Å². The number of amides is 8. The Morgan fingerprint density at radius 1 is 0.465 bits per heavy atom.